The standard InChI is InChI=1S/C21H32O3/c1-3-5-6-7-8-9-10-11-12-13-24-21-19(16-22)14-18(4-2)15-20(21)17-23/h2,14-15,22-23H,3,5-13,16-17H2,1H3. The van der Waals surface area contributed by atoms with Crippen LogP contribution in [0.3, 0.4) is 0 Å². The van der Waals surface area contributed by atoms with Gasteiger partial charge in [-0.1, -0.05) is 64.2 Å². The van der Waals surface area contributed by atoms with Crippen molar-refractivity contribution in [1.82, 2.24) is 0 Å². The average molecular weight is 332 g/mol. The summed E-state index contributed by atoms with van der Waals surface area (Å²) in [7, 11) is 0. The zero-order chi connectivity index (χ0) is 17.6. The molecule has 134 valence electrons. The molecule has 0 atom stereocenters. The zero-order valence-corrected chi connectivity index (χ0v) is 15.0. The van der Waals surface area contributed by atoms with Crippen LogP contribution in [0.4, 0.5) is 0 Å². The second-order valence-corrected chi connectivity index (χ2v) is 6.26. The van der Waals surface area contributed by atoms with Gasteiger partial charge in [0.2, 0.25) is 0 Å². The summed E-state index contributed by atoms with van der Waals surface area (Å²) in [5.74, 6) is 3.12. The van der Waals surface area contributed by atoms with E-state index in [2.05, 4.69) is 12.8 Å². The first-order valence-electron chi connectivity index (χ1n) is 9.23. The molecule has 1 aromatic carbocycles. The first-order valence-corrected chi connectivity index (χ1v) is 9.23. The third kappa shape index (κ3) is 7.38. The smallest absolute Gasteiger partial charge is 0.130 e. The van der Waals surface area contributed by atoms with E-state index >= 15 is 0 Å². The van der Waals surface area contributed by atoms with Gasteiger partial charge in [0.25, 0.3) is 0 Å². The summed E-state index contributed by atoms with van der Waals surface area (Å²) in [6.07, 6.45) is 16.8. The fourth-order valence-corrected chi connectivity index (χ4v) is 2.84. The van der Waals surface area contributed by atoms with Crippen LogP contribution < -0.4 is 4.74 Å². The first-order chi connectivity index (χ1) is 11.8. The Morgan fingerprint density at radius 1 is 0.875 bits per heavy atom. The van der Waals surface area contributed by atoms with Gasteiger partial charge < -0.3 is 14.9 Å². The van der Waals surface area contributed by atoms with E-state index in [-0.39, 0.29) is 13.2 Å². The highest BCUT2D eigenvalue weighted by atomic mass is 16.5. The van der Waals surface area contributed by atoms with Gasteiger partial charge >= 0.3 is 0 Å². The van der Waals surface area contributed by atoms with Crippen molar-refractivity contribution in [2.75, 3.05) is 6.61 Å². The fourth-order valence-electron chi connectivity index (χ4n) is 2.84. The first kappa shape index (κ1) is 20.5. The van der Waals surface area contributed by atoms with E-state index in [1.54, 1.807) is 12.1 Å². The van der Waals surface area contributed by atoms with E-state index in [0.29, 0.717) is 29.0 Å². The van der Waals surface area contributed by atoms with Crippen molar-refractivity contribution in [2.24, 2.45) is 0 Å². The lowest BCUT2D eigenvalue weighted by atomic mass is 10.0. The van der Waals surface area contributed by atoms with Gasteiger partial charge in [-0.2, -0.15) is 0 Å². The van der Waals surface area contributed by atoms with Gasteiger partial charge in [0.15, 0.2) is 0 Å². The van der Waals surface area contributed by atoms with E-state index in [1.165, 1.54) is 44.9 Å². The molecule has 0 aliphatic carbocycles. The topological polar surface area (TPSA) is 49.7 Å². The Hall–Kier alpha value is -1.50. The van der Waals surface area contributed by atoms with Crippen molar-refractivity contribution < 1.29 is 14.9 Å². The normalized spacial score (nSPS) is 10.6. The van der Waals surface area contributed by atoms with Crippen molar-refractivity contribution in [2.45, 2.75) is 77.9 Å². The summed E-state index contributed by atoms with van der Waals surface area (Å²) in [5.41, 5.74) is 1.94. The van der Waals surface area contributed by atoms with E-state index in [1.807, 2.05) is 0 Å². The molecule has 0 amide bonds. The predicted octanol–water partition coefficient (Wildman–Crippen LogP) is 4.56. The molecule has 0 saturated heterocycles. The molecule has 1 aromatic rings. The van der Waals surface area contributed by atoms with Crippen LogP contribution >= 0.6 is 0 Å². The van der Waals surface area contributed by atoms with Crippen molar-refractivity contribution in [3.05, 3.63) is 28.8 Å². The maximum absolute atomic E-state index is 9.49. The summed E-state index contributed by atoms with van der Waals surface area (Å²) in [4.78, 5) is 0. The van der Waals surface area contributed by atoms with Gasteiger partial charge in [-0.25, -0.2) is 0 Å². The predicted molar refractivity (Wildman–Crippen MR) is 98.9 cm³/mol. The Morgan fingerprint density at radius 3 is 1.83 bits per heavy atom. The highest BCUT2D eigenvalue weighted by Crippen LogP contribution is 2.27. The van der Waals surface area contributed by atoms with Crippen LogP contribution in [0.5, 0.6) is 5.75 Å². The average Bonchev–Trinajstić information content (AvgIpc) is 2.62. The molecule has 3 heteroatoms. The lowest BCUT2D eigenvalue weighted by Gasteiger charge is -2.15. The number of terminal acetylenes is 1. The van der Waals surface area contributed by atoms with Gasteiger partial charge in [0.1, 0.15) is 5.75 Å². The van der Waals surface area contributed by atoms with Gasteiger partial charge in [0.05, 0.1) is 19.8 Å². The number of hydrogen-bond acceptors (Lipinski definition) is 3. The van der Waals surface area contributed by atoms with Gasteiger partial charge in [0, 0.05) is 16.7 Å². The Morgan fingerprint density at radius 2 is 1.38 bits per heavy atom. The molecule has 0 radical (unpaired) electrons. The molecule has 0 spiro atoms. The molecule has 1 rings (SSSR count). The minimum atomic E-state index is -0.143. The maximum atomic E-state index is 9.49. The Bertz CT molecular complexity index is 477. The monoisotopic (exact) mass is 332 g/mol. The molecule has 0 aliphatic rings. The molecule has 0 aliphatic heterocycles. The molecule has 0 aromatic heterocycles. The van der Waals surface area contributed by atoms with E-state index < -0.39 is 0 Å². The number of rotatable bonds is 13. The highest BCUT2D eigenvalue weighted by molar-refractivity contribution is 5.48. The number of aliphatic hydroxyl groups is 2. The largest absolute Gasteiger partial charge is 0.493 e. The lowest BCUT2D eigenvalue weighted by molar-refractivity contribution is 0.243. The van der Waals surface area contributed by atoms with Crippen LogP contribution in [0.15, 0.2) is 12.1 Å². The van der Waals surface area contributed by atoms with Gasteiger partial charge in [-0.3, -0.25) is 0 Å². The Balaban J connectivity index is 2.31. The molecule has 2 N–H and O–H groups in total. The molecule has 0 fully saturated rings. The zero-order valence-electron chi connectivity index (χ0n) is 15.0. The van der Waals surface area contributed by atoms with Crippen molar-refractivity contribution in [3.63, 3.8) is 0 Å². The van der Waals surface area contributed by atoms with Crippen molar-refractivity contribution >= 4 is 0 Å². The van der Waals surface area contributed by atoms with Crippen LogP contribution in [0.25, 0.3) is 0 Å². The summed E-state index contributed by atoms with van der Waals surface area (Å²) < 4.78 is 5.82. The summed E-state index contributed by atoms with van der Waals surface area (Å²) in [6.45, 7) is 2.56. The van der Waals surface area contributed by atoms with Crippen LogP contribution in [-0.2, 0) is 13.2 Å². The van der Waals surface area contributed by atoms with Gasteiger partial charge in [-0.15, -0.1) is 6.42 Å². The molecule has 0 unspecified atom stereocenters. The van der Waals surface area contributed by atoms with Gasteiger partial charge in [-0.05, 0) is 18.6 Å². The Labute approximate surface area is 147 Å². The summed E-state index contributed by atoms with van der Waals surface area (Å²) in [5, 5.41) is 19.0. The SMILES string of the molecule is C#Cc1cc(CO)c(OCCCCCCCCCCC)c(CO)c1. The van der Waals surface area contributed by atoms with Crippen LogP contribution in [0.1, 0.15) is 81.4 Å². The third-order valence-corrected chi connectivity index (χ3v) is 4.24. The van der Waals surface area contributed by atoms with Crippen molar-refractivity contribution in [3.8, 4) is 18.1 Å². The molecule has 0 heterocycles. The number of aliphatic hydroxyl groups excluding tert-OH is 2. The number of unbranched alkanes of at least 4 members (excludes halogenated alkanes) is 8. The fraction of sp³-hybridized carbons (Fsp3) is 0.619. The Kier molecular flexibility index (Phi) is 11.0. The van der Waals surface area contributed by atoms with Crippen LogP contribution in [0, 0.1) is 12.3 Å². The maximum Gasteiger partial charge on any atom is 0.130 e. The van der Waals surface area contributed by atoms with E-state index in [0.717, 1.165) is 12.8 Å². The number of ether oxygens (including phenoxy) is 1. The van der Waals surface area contributed by atoms with E-state index in [9.17, 15) is 10.2 Å². The van der Waals surface area contributed by atoms with E-state index in [4.69, 9.17) is 11.2 Å². The molecule has 0 bridgehead atoms. The molecular weight excluding hydrogens is 300 g/mol. The molecule has 0 saturated carbocycles. The summed E-state index contributed by atoms with van der Waals surface area (Å²) >= 11 is 0. The lowest BCUT2D eigenvalue weighted by Crippen LogP contribution is -2.05. The molecule has 24 heavy (non-hydrogen) atoms. The quantitative estimate of drug-likeness (QED) is 0.411. The third-order valence-electron chi connectivity index (χ3n) is 4.24. The molecular formula is C21H32O3. The van der Waals surface area contributed by atoms with Crippen LogP contribution in [-0.4, -0.2) is 16.8 Å². The van der Waals surface area contributed by atoms with Crippen LogP contribution in [0.2, 0.25) is 0 Å². The number of hydrogen-bond donors (Lipinski definition) is 2. The summed E-state index contributed by atoms with van der Waals surface area (Å²) in [6, 6.07) is 3.48. The molecule has 3 nitrogen and oxygen atoms in total. The minimum absolute atomic E-state index is 0.143. The second-order valence-electron chi connectivity index (χ2n) is 6.26. The number of benzene rings is 1. The minimum Gasteiger partial charge on any atom is -0.493 e. The highest BCUT2D eigenvalue weighted by Gasteiger charge is 2.11. The van der Waals surface area contributed by atoms with Crippen molar-refractivity contribution in [1.29, 1.82) is 0 Å². The second kappa shape index (κ2) is 12.9.